The van der Waals surface area contributed by atoms with Crippen molar-refractivity contribution >= 4 is 11.0 Å². The van der Waals surface area contributed by atoms with Gasteiger partial charge in [-0.15, -0.1) is 0 Å². The molecule has 7 aromatic carbocycles. The van der Waals surface area contributed by atoms with E-state index in [1.54, 1.807) is 0 Å². The van der Waals surface area contributed by atoms with E-state index in [1.807, 2.05) is 60.7 Å². The summed E-state index contributed by atoms with van der Waals surface area (Å²) in [5.74, 6) is 2.92. The van der Waals surface area contributed by atoms with Gasteiger partial charge in [0, 0.05) is 16.7 Å². The van der Waals surface area contributed by atoms with Crippen LogP contribution in [-0.2, 0) is 5.41 Å². The Morgan fingerprint density at radius 1 is 0.365 bits per heavy atom. The van der Waals surface area contributed by atoms with Crippen molar-refractivity contribution in [1.29, 1.82) is 0 Å². The molecule has 1 aliphatic heterocycles. The van der Waals surface area contributed by atoms with E-state index in [-0.39, 0.29) is 0 Å². The summed E-state index contributed by atoms with van der Waals surface area (Å²) >= 11 is 0. The van der Waals surface area contributed by atoms with Crippen LogP contribution in [0, 0.1) is 0 Å². The average molecular weight is 666 g/mol. The normalized spacial score (nSPS) is 12.8. The third-order valence-electron chi connectivity index (χ3n) is 10.1. The number of nitrogens with zero attached hydrogens (tertiary/aromatic N) is 5. The standard InChI is InChI=1S/C47H31N5/c1-5-16-32(17-6-1)43-49-44(33-18-7-2-8-19-33)51-45(50-43)36-21-15-20-34(30-36)35-28-29-41-39(31-35)47(37-22-9-3-10-23-37,38-24-11-4-12-25-38)46-48-40-26-13-14-27-42(40)52(41)46/h1-31H. The molecule has 0 spiro atoms. The fourth-order valence-corrected chi connectivity index (χ4v) is 7.74. The minimum atomic E-state index is -0.631. The summed E-state index contributed by atoms with van der Waals surface area (Å²) in [4.78, 5) is 20.3. The molecule has 0 saturated heterocycles. The van der Waals surface area contributed by atoms with Crippen molar-refractivity contribution in [3.8, 4) is 51.0 Å². The fourth-order valence-electron chi connectivity index (χ4n) is 7.74. The van der Waals surface area contributed by atoms with E-state index in [0.29, 0.717) is 17.5 Å². The van der Waals surface area contributed by atoms with Crippen LogP contribution in [0.3, 0.4) is 0 Å². The number of hydrogen-bond acceptors (Lipinski definition) is 4. The molecule has 5 heteroatoms. The molecule has 0 amide bonds. The summed E-state index contributed by atoms with van der Waals surface area (Å²) in [5.41, 5.74) is 11.1. The molecule has 0 radical (unpaired) electrons. The molecule has 3 heterocycles. The van der Waals surface area contributed by atoms with Gasteiger partial charge >= 0.3 is 0 Å². The van der Waals surface area contributed by atoms with Crippen molar-refractivity contribution in [3.05, 3.63) is 211 Å². The van der Waals surface area contributed by atoms with Gasteiger partial charge in [-0.2, -0.15) is 0 Å². The van der Waals surface area contributed by atoms with Crippen LogP contribution in [0.5, 0.6) is 0 Å². The first-order valence-corrected chi connectivity index (χ1v) is 17.5. The van der Waals surface area contributed by atoms with Gasteiger partial charge in [0.15, 0.2) is 17.5 Å². The Hall–Kier alpha value is -6.98. The van der Waals surface area contributed by atoms with Crippen LogP contribution in [0.2, 0.25) is 0 Å². The smallest absolute Gasteiger partial charge is 0.164 e. The molecule has 0 aliphatic carbocycles. The summed E-state index contributed by atoms with van der Waals surface area (Å²) < 4.78 is 2.35. The third-order valence-corrected chi connectivity index (χ3v) is 10.1. The molecule has 0 bridgehead atoms. The molecule has 0 atom stereocenters. The molecule has 5 nitrogen and oxygen atoms in total. The van der Waals surface area contributed by atoms with Crippen molar-refractivity contribution in [2.75, 3.05) is 0 Å². The number of imidazole rings is 1. The first-order valence-electron chi connectivity index (χ1n) is 17.5. The summed E-state index contributed by atoms with van der Waals surface area (Å²) in [6.07, 6.45) is 0. The maximum absolute atomic E-state index is 5.38. The average Bonchev–Trinajstić information content (AvgIpc) is 3.75. The summed E-state index contributed by atoms with van der Waals surface area (Å²) in [7, 11) is 0. The van der Waals surface area contributed by atoms with Gasteiger partial charge in [-0.3, -0.25) is 4.57 Å². The van der Waals surface area contributed by atoms with E-state index >= 15 is 0 Å². The lowest BCUT2D eigenvalue weighted by atomic mass is 9.69. The van der Waals surface area contributed by atoms with Crippen LogP contribution >= 0.6 is 0 Å². The van der Waals surface area contributed by atoms with E-state index in [0.717, 1.165) is 50.4 Å². The number of aromatic nitrogens is 5. The lowest BCUT2D eigenvalue weighted by molar-refractivity contribution is 0.718. The van der Waals surface area contributed by atoms with Crippen LogP contribution in [0.4, 0.5) is 0 Å². The summed E-state index contributed by atoms with van der Waals surface area (Å²) in [6, 6.07) is 65.6. The van der Waals surface area contributed by atoms with E-state index < -0.39 is 5.41 Å². The van der Waals surface area contributed by atoms with Gasteiger partial charge in [-0.05, 0) is 58.1 Å². The Morgan fingerprint density at radius 3 is 1.46 bits per heavy atom. The maximum Gasteiger partial charge on any atom is 0.164 e. The highest BCUT2D eigenvalue weighted by molar-refractivity contribution is 5.85. The molecule has 0 unspecified atom stereocenters. The molecule has 0 fully saturated rings. The summed E-state index contributed by atoms with van der Waals surface area (Å²) in [5, 5.41) is 0. The molecular weight excluding hydrogens is 635 g/mol. The molecular formula is C47H31N5. The van der Waals surface area contributed by atoms with Crippen LogP contribution in [0.1, 0.15) is 22.5 Å². The minimum absolute atomic E-state index is 0.630. The zero-order chi connectivity index (χ0) is 34.5. The van der Waals surface area contributed by atoms with Gasteiger partial charge in [0.2, 0.25) is 0 Å². The highest BCUT2D eigenvalue weighted by Gasteiger charge is 2.49. The van der Waals surface area contributed by atoms with Crippen molar-refractivity contribution in [2.24, 2.45) is 0 Å². The van der Waals surface area contributed by atoms with Gasteiger partial charge in [0.1, 0.15) is 11.2 Å². The van der Waals surface area contributed by atoms with E-state index in [9.17, 15) is 0 Å². The number of hydrogen-bond donors (Lipinski definition) is 0. The van der Waals surface area contributed by atoms with Crippen LogP contribution in [-0.4, -0.2) is 24.5 Å². The highest BCUT2D eigenvalue weighted by Crippen LogP contribution is 2.53. The zero-order valence-electron chi connectivity index (χ0n) is 28.1. The maximum atomic E-state index is 5.38. The molecule has 9 aromatic rings. The molecule has 52 heavy (non-hydrogen) atoms. The fraction of sp³-hybridized carbons (Fsp3) is 0.0213. The number of rotatable bonds is 6. The monoisotopic (exact) mass is 665 g/mol. The number of benzene rings is 7. The minimum Gasteiger partial charge on any atom is -0.295 e. The van der Waals surface area contributed by atoms with Crippen LogP contribution < -0.4 is 0 Å². The van der Waals surface area contributed by atoms with Gasteiger partial charge in [-0.25, -0.2) is 19.9 Å². The Kier molecular flexibility index (Phi) is 6.96. The van der Waals surface area contributed by atoms with Crippen molar-refractivity contribution in [1.82, 2.24) is 24.5 Å². The quantitative estimate of drug-likeness (QED) is 0.177. The Balaban J connectivity index is 1.17. The van der Waals surface area contributed by atoms with Gasteiger partial charge in [0.05, 0.1) is 16.7 Å². The summed E-state index contributed by atoms with van der Waals surface area (Å²) in [6.45, 7) is 0. The second kappa shape index (κ2) is 12.1. The predicted octanol–water partition coefficient (Wildman–Crippen LogP) is 10.6. The number of para-hydroxylation sites is 2. The second-order valence-corrected chi connectivity index (χ2v) is 13.1. The van der Waals surface area contributed by atoms with E-state index in [2.05, 4.69) is 132 Å². The Morgan fingerprint density at radius 2 is 0.846 bits per heavy atom. The van der Waals surface area contributed by atoms with Gasteiger partial charge < -0.3 is 0 Å². The lowest BCUT2D eigenvalue weighted by Gasteiger charge is -2.31. The Bertz CT molecular complexity index is 2620. The predicted molar refractivity (Wildman–Crippen MR) is 208 cm³/mol. The second-order valence-electron chi connectivity index (χ2n) is 13.1. The first-order chi connectivity index (χ1) is 25.8. The molecule has 2 aromatic heterocycles. The molecule has 0 saturated carbocycles. The molecule has 1 aliphatic rings. The van der Waals surface area contributed by atoms with Crippen LogP contribution in [0.15, 0.2) is 188 Å². The van der Waals surface area contributed by atoms with Crippen molar-refractivity contribution in [2.45, 2.75) is 5.41 Å². The van der Waals surface area contributed by atoms with Crippen molar-refractivity contribution < 1.29 is 0 Å². The molecule has 0 N–H and O–H groups in total. The largest absolute Gasteiger partial charge is 0.295 e. The van der Waals surface area contributed by atoms with E-state index in [4.69, 9.17) is 19.9 Å². The third kappa shape index (κ3) is 4.71. The lowest BCUT2D eigenvalue weighted by Crippen LogP contribution is -2.29. The molecule has 10 rings (SSSR count). The highest BCUT2D eigenvalue weighted by atomic mass is 15.1. The first kappa shape index (κ1) is 29.9. The van der Waals surface area contributed by atoms with E-state index in [1.165, 1.54) is 16.7 Å². The number of fused-ring (bicyclic) bond motifs is 5. The van der Waals surface area contributed by atoms with Gasteiger partial charge in [-0.1, -0.05) is 158 Å². The Labute approximate surface area is 301 Å². The zero-order valence-corrected chi connectivity index (χ0v) is 28.1. The van der Waals surface area contributed by atoms with Crippen LogP contribution in [0.25, 0.3) is 62.0 Å². The topological polar surface area (TPSA) is 56.5 Å². The molecule has 244 valence electrons. The van der Waals surface area contributed by atoms with Gasteiger partial charge in [0.25, 0.3) is 0 Å². The SMILES string of the molecule is c1ccc(-c2nc(-c3ccccc3)nc(-c3cccc(-c4ccc5c(c4)C(c4ccccc4)(c4ccccc4)c4nc6ccccc6n4-5)c3)n2)cc1. The van der Waals surface area contributed by atoms with Crippen molar-refractivity contribution in [3.63, 3.8) is 0 Å².